The van der Waals surface area contributed by atoms with E-state index in [0.717, 1.165) is 25.7 Å². The number of hydrogen-bond donors (Lipinski definition) is 1. The Morgan fingerprint density at radius 1 is 1.33 bits per heavy atom. The molecule has 0 aromatic carbocycles. The Hall–Kier alpha value is -0.0800. The van der Waals surface area contributed by atoms with E-state index in [-0.39, 0.29) is 0 Å². The molecule has 0 aliphatic carbocycles. The third kappa shape index (κ3) is 1.99. The molecule has 0 saturated carbocycles. The van der Waals surface area contributed by atoms with E-state index in [1.807, 2.05) is 7.05 Å². The summed E-state index contributed by atoms with van der Waals surface area (Å²) in [5.41, 5.74) is 0.493. The van der Waals surface area contributed by atoms with Crippen LogP contribution < -0.4 is 5.32 Å². The second-order valence-corrected chi connectivity index (χ2v) is 4.16. The summed E-state index contributed by atoms with van der Waals surface area (Å²) in [5, 5.41) is 3.30. The molecule has 0 spiro atoms. The lowest BCUT2D eigenvalue weighted by molar-refractivity contribution is -0.00877. The maximum atomic E-state index is 5.39. The maximum Gasteiger partial charge on any atom is 0.0471 e. The molecule has 0 aromatic rings. The van der Waals surface area contributed by atoms with Crippen LogP contribution in [0, 0.1) is 11.3 Å². The van der Waals surface area contributed by atoms with E-state index in [4.69, 9.17) is 4.74 Å². The van der Waals surface area contributed by atoms with Crippen LogP contribution in [0.4, 0.5) is 0 Å². The highest BCUT2D eigenvalue weighted by molar-refractivity contribution is 4.86. The van der Waals surface area contributed by atoms with Gasteiger partial charge in [-0.3, -0.25) is 0 Å². The fraction of sp³-hybridized carbons (Fsp3) is 1.00. The molecular weight excluding hydrogens is 150 g/mol. The molecule has 72 valence electrons. The van der Waals surface area contributed by atoms with Crippen LogP contribution in [-0.4, -0.2) is 26.8 Å². The maximum absolute atomic E-state index is 5.39. The Morgan fingerprint density at radius 2 is 1.92 bits per heavy atom. The van der Waals surface area contributed by atoms with Crippen LogP contribution in [0.15, 0.2) is 0 Å². The third-order valence-corrected chi connectivity index (χ3v) is 3.24. The summed E-state index contributed by atoms with van der Waals surface area (Å²) in [5.74, 6) is 0.758. The van der Waals surface area contributed by atoms with Crippen molar-refractivity contribution in [3.63, 3.8) is 0 Å². The quantitative estimate of drug-likeness (QED) is 0.697. The molecule has 0 bridgehead atoms. The van der Waals surface area contributed by atoms with Crippen molar-refractivity contribution >= 4 is 0 Å². The molecule has 0 amide bonds. The predicted molar refractivity (Wildman–Crippen MR) is 51.3 cm³/mol. The van der Waals surface area contributed by atoms with Gasteiger partial charge in [-0.15, -0.1) is 0 Å². The second-order valence-electron chi connectivity index (χ2n) is 4.16. The van der Waals surface area contributed by atoms with Gasteiger partial charge in [-0.2, -0.15) is 0 Å². The van der Waals surface area contributed by atoms with Crippen LogP contribution in [0.5, 0.6) is 0 Å². The summed E-state index contributed by atoms with van der Waals surface area (Å²) in [6, 6.07) is 0. The number of hydrogen-bond acceptors (Lipinski definition) is 2. The molecule has 0 atom stereocenters. The van der Waals surface area contributed by atoms with Gasteiger partial charge in [-0.25, -0.2) is 0 Å². The average molecular weight is 171 g/mol. The summed E-state index contributed by atoms with van der Waals surface area (Å²) >= 11 is 0. The van der Waals surface area contributed by atoms with Gasteiger partial charge in [0.1, 0.15) is 0 Å². The molecule has 0 radical (unpaired) electrons. The van der Waals surface area contributed by atoms with E-state index in [2.05, 4.69) is 19.2 Å². The Morgan fingerprint density at radius 3 is 2.33 bits per heavy atom. The standard InChI is InChI=1S/C10H21NO/c1-9(2)10(8-11-3)4-6-12-7-5-10/h9,11H,4-8H2,1-3H3. The highest BCUT2D eigenvalue weighted by atomic mass is 16.5. The van der Waals surface area contributed by atoms with Crippen molar-refractivity contribution in [2.24, 2.45) is 11.3 Å². The average Bonchev–Trinajstić information content (AvgIpc) is 2.06. The molecule has 1 N–H and O–H groups in total. The van der Waals surface area contributed by atoms with Gasteiger partial charge in [0.15, 0.2) is 0 Å². The van der Waals surface area contributed by atoms with Crippen molar-refractivity contribution in [1.82, 2.24) is 5.32 Å². The van der Waals surface area contributed by atoms with Crippen LogP contribution >= 0.6 is 0 Å². The molecular formula is C10H21NO. The summed E-state index contributed by atoms with van der Waals surface area (Å²) in [7, 11) is 2.04. The third-order valence-electron chi connectivity index (χ3n) is 3.24. The van der Waals surface area contributed by atoms with Gasteiger partial charge in [0.05, 0.1) is 0 Å². The fourth-order valence-electron chi connectivity index (χ4n) is 2.09. The van der Waals surface area contributed by atoms with Crippen LogP contribution in [0.3, 0.4) is 0 Å². The van der Waals surface area contributed by atoms with Gasteiger partial charge in [0.2, 0.25) is 0 Å². The zero-order valence-electron chi connectivity index (χ0n) is 8.52. The van der Waals surface area contributed by atoms with E-state index in [0.29, 0.717) is 5.41 Å². The van der Waals surface area contributed by atoms with E-state index >= 15 is 0 Å². The van der Waals surface area contributed by atoms with Crippen LogP contribution in [0.25, 0.3) is 0 Å². The SMILES string of the molecule is CNCC1(C(C)C)CCOCC1. The lowest BCUT2D eigenvalue weighted by Crippen LogP contribution is -2.41. The van der Waals surface area contributed by atoms with Gasteiger partial charge < -0.3 is 10.1 Å². The van der Waals surface area contributed by atoms with Crippen LogP contribution in [-0.2, 0) is 4.74 Å². The molecule has 1 aliphatic heterocycles. The highest BCUT2D eigenvalue weighted by Crippen LogP contribution is 2.37. The molecule has 1 rings (SSSR count). The first-order valence-corrected chi connectivity index (χ1v) is 4.93. The van der Waals surface area contributed by atoms with Crippen LogP contribution in [0.1, 0.15) is 26.7 Å². The molecule has 0 aromatic heterocycles. The lowest BCUT2D eigenvalue weighted by atomic mass is 9.71. The van der Waals surface area contributed by atoms with Crippen molar-refractivity contribution < 1.29 is 4.74 Å². The van der Waals surface area contributed by atoms with Gasteiger partial charge in [-0.1, -0.05) is 13.8 Å². The first-order valence-electron chi connectivity index (χ1n) is 4.93. The summed E-state index contributed by atoms with van der Waals surface area (Å²) in [6.07, 6.45) is 2.43. The Labute approximate surface area is 75.7 Å². The zero-order chi connectivity index (χ0) is 9.03. The van der Waals surface area contributed by atoms with E-state index in [9.17, 15) is 0 Å². The Balaban J connectivity index is 2.56. The molecule has 1 aliphatic rings. The smallest absolute Gasteiger partial charge is 0.0471 e. The number of rotatable bonds is 3. The number of nitrogens with one attached hydrogen (secondary N) is 1. The molecule has 1 saturated heterocycles. The van der Waals surface area contributed by atoms with Crippen LogP contribution in [0.2, 0.25) is 0 Å². The Bertz CT molecular complexity index is 122. The largest absolute Gasteiger partial charge is 0.381 e. The minimum Gasteiger partial charge on any atom is -0.381 e. The minimum absolute atomic E-state index is 0.493. The molecule has 12 heavy (non-hydrogen) atoms. The van der Waals surface area contributed by atoms with Crippen molar-refractivity contribution in [3.05, 3.63) is 0 Å². The summed E-state index contributed by atoms with van der Waals surface area (Å²) < 4.78 is 5.39. The molecule has 1 fully saturated rings. The summed E-state index contributed by atoms with van der Waals surface area (Å²) in [4.78, 5) is 0. The fourth-order valence-corrected chi connectivity index (χ4v) is 2.09. The van der Waals surface area contributed by atoms with Gasteiger partial charge in [-0.05, 0) is 31.2 Å². The van der Waals surface area contributed by atoms with E-state index in [1.165, 1.54) is 12.8 Å². The van der Waals surface area contributed by atoms with E-state index < -0.39 is 0 Å². The highest BCUT2D eigenvalue weighted by Gasteiger charge is 2.34. The van der Waals surface area contributed by atoms with E-state index in [1.54, 1.807) is 0 Å². The minimum atomic E-state index is 0.493. The number of ether oxygens (including phenoxy) is 1. The van der Waals surface area contributed by atoms with Gasteiger partial charge in [0, 0.05) is 19.8 Å². The van der Waals surface area contributed by atoms with Gasteiger partial charge in [0.25, 0.3) is 0 Å². The van der Waals surface area contributed by atoms with Crippen molar-refractivity contribution in [2.75, 3.05) is 26.8 Å². The lowest BCUT2D eigenvalue weighted by Gasteiger charge is -2.40. The molecule has 0 unspecified atom stereocenters. The molecule has 2 nitrogen and oxygen atoms in total. The monoisotopic (exact) mass is 171 g/mol. The van der Waals surface area contributed by atoms with Crippen molar-refractivity contribution in [1.29, 1.82) is 0 Å². The Kier molecular flexibility index (Phi) is 3.53. The first-order chi connectivity index (χ1) is 5.71. The predicted octanol–water partition coefficient (Wildman–Crippen LogP) is 1.66. The molecule has 2 heteroatoms. The normalized spacial score (nSPS) is 23.0. The molecule has 1 heterocycles. The first kappa shape index (κ1) is 10.0. The van der Waals surface area contributed by atoms with Gasteiger partial charge >= 0.3 is 0 Å². The topological polar surface area (TPSA) is 21.3 Å². The second kappa shape index (κ2) is 4.24. The summed E-state index contributed by atoms with van der Waals surface area (Å²) in [6.45, 7) is 7.67. The van der Waals surface area contributed by atoms with Crippen molar-refractivity contribution in [3.8, 4) is 0 Å². The van der Waals surface area contributed by atoms with Crippen molar-refractivity contribution in [2.45, 2.75) is 26.7 Å². The zero-order valence-corrected chi connectivity index (χ0v) is 8.52.